The third-order valence-electron chi connectivity index (χ3n) is 5.74. The van der Waals surface area contributed by atoms with Gasteiger partial charge in [0.1, 0.15) is 5.75 Å². The molecule has 8 nitrogen and oxygen atoms in total. The summed E-state index contributed by atoms with van der Waals surface area (Å²) < 4.78 is 33.6. The van der Waals surface area contributed by atoms with Crippen molar-refractivity contribution in [3.63, 3.8) is 0 Å². The number of fused-ring (bicyclic) bond motifs is 1. The number of ether oxygens (including phenoxy) is 1. The van der Waals surface area contributed by atoms with Gasteiger partial charge in [-0.3, -0.25) is 0 Å². The summed E-state index contributed by atoms with van der Waals surface area (Å²) in [5.74, 6) is 1.80. The van der Waals surface area contributed by atoms with Gasteiger partial charge in [-0.2, -0.15) is 0 Å². The second-order valence-corrected chi connectivity index (χ2v) is 7.87. The molecule has 10 heteroatoms. The molecule has 0 bridgehead atoms. The molecule has 1 aliphatic heterocycles. The summed E-state index contributed by atoms with van der Waals surface area (Å²) in [6.07, 6.45) is 9.74. The predicted molar refractivity (Wildman–Crippen MR) is 128 cm³/mol. The molecule has 2 aromatic carbocycles. The molecule has 0 saturated carbocycles. The van der Waals surface area contributed by atoms with Crippen molar-refractivity contribution in [3.05, 3.63) is 72.4 Å². The van der Waals surface area contributed by atoms with E-state index in [-0.39, 0.29) is 17.1 Å². The number of terminal acetylenes is 1. The van der Waals surface area contributed by atoms with Crippen LogP contribution in [-0.2, 0) is 0 Å². The maximum absolute atomic E-state index is 14.2. The number of rotatable bonds is 4. The highest BCUT2D eigenvalue weighted by Gasteiger charge is 2.23. The first-order valence-corrected chi connectivity index (χ1v) is 10.8. The zero-order chi connectivity index (χ0) is 24.4. The van der Waals surface area contributed by atoms with Crippen LogP contribution in [0.25, 0.3) is 10.9 Å². The lowest BCUT2D eigenvalue weighted by molar-refractivity contribution is 0.208. The topological polar surface area (TPSA) is 86.4 Å². The molecule has 176 valence electrons. The monoisotopic (exact) mass is 474 g/mol. The lowest BCUT2D eigenvalue weighted by Crippen LogP contribution is -2.50. The normalized spacial score (nSPS) is 13.5. The van der Waals surface area contributed by atoms with Crippen LogP contribution in [0.2, 0.25) is 0 Å². The van der Waals surface area contributed by atoms with Crippen molar-refractivity contribution in [2.75, 3.05) is 36.4 Å². The van der Waals surface area contributed by atoms with Gasteiger partial charge in [0.25, 0.3) is 0 Å². The minimum atomic E-state index is -0.992. The van der Waals surface area contributed by atoms with Crippen LogP contribution < -0.4 is 15.0 Å². The molecule has 1 saturated heterocycles. The van der Waals surface area contributed by atoms with Crippen molar-refractivity contribution >= 4 is 28.3 Å². The lowest BCUT2D eigenvalue weighted by atomic mass is 10.2. The predicted octanol–water partition coefficient (Wildman–Crippen LogP) is 4.36. The van der Waals surface area contributed by atoms with Gasteiger partial charge in [-0.15, -0.1) is 6.42 Å². The molecule has 0 unspecified atom stereocenters. The number of hydrogen-bond donors (Lipinski definition) is 2. The minimum absolute atomic E-state index is 0.0258. The number of benzene rings is 2. The van der Waals surface area contributed by atoms with E-state index in [2.05, 4.69) is 31.1 Å². The number of aromatic nitrogens is 3. The van der Waals surface area contributed by atoms with Gasteiger partial charge in [0.15, 0.2) is 17.4 Å². The Labute approximate surface area is 199 Å². The molecule has 4 aromatic rings. The maximum atomic E-state index is 14.2. The molecule has 0 spiro atoms. The molecular weight excluding hydrogens is 454 g/mol. The second-order valence-electron chi connectivity index (χ2n) is 7.87. The molecule has 2 amide bonds. The Kier molecular flexibility index (Phi) is 5.89. The van der Waals surface area contributed by atoms with E-state index in [4.69, 9.17) is 11.2 Å². The molecular formula is C25H20F2N6O2. The standard InChI is InChI=1S/C25H20F2N6O2/c1-2-22-29-13-18(14-30-22)35-17-5-3-16(4-6-17)32-9-11-33(12-10-32)25(34)31-21-15-28-20-8-7-19(26)24(27)23(20)21/h1,3-8,13-15,28H,9-12H2,(H,31,34). The average Bonchev–Trinajstić information content (AvgIpc) is 3.30. The van der Waals surface area contributed by atoms with Crippen LogP contribution in [0.1, 0.15) is 5.82 Å². The van der Waals surface area contributed by atoms with Crippen LogP contribution in [0.3, 0.4) is 0 Å². The molecule has 3 heterocycles. The highest BCUT2D eigenvalue weighted by molar-refractivity contribution is 6.01. The zero-order valence-electron chi connectivity index (χ0n) is 18.5. The number of nitrogens with one attached hydrogen (secondary N) is 2. The average molecular weight is 474 g/mol. The molecule has 0 aliphatic carbocycles. The van der Waals surface area contributed by atoms with Gasteiger partial charge in [0.05, 0.1) is 29.0 Å². The molecule has 1 aliphatic rings. The number of carbonyl (C=O) groups excluding carboxylic acids is 1. The molecule has 35 heavy (non-hydrogen) atoms. The van der Waals surface area contributed by atoms with Crippen LogP contribution in [0.4, 0.5) is 25.0 Å². The molecule has 0 radical (unpaired) electrons. The number of hydrogen-bond acceptors (Lipinski definition) is 5. The van der Waals surface area contributed by atoms with E-state index in [0.717, 1.165) is 11.8 Å². The van der Waals surface area contributed by atoms with Crippen molar-refractivity contribution < 1.29 is 18.3 Å². The Hall–Kier alpha value is -4.65. The third-order valence-corrected chi connectivity index (χ3v) is 5.74. The quantitative estimate of drug-likeness (QED) is 0.429. The van der Waals surface area contributed by atoms with E-state index in [1.807, 2.05) is 24.3 Å². The summed E-state index contributed by atoms with van der Waals surface area (Å²) in [5, 5.41) is 2.71. The summed E-state index contributed by atoms with van der Waals surface area (Å²) in [5.41, 5.74) is 1.61. The first kappa shape index (κ1) is 22.2. The summed E-state index contributed by atoms with van der Waals surface area (Å²) in [6.45, 7) is 2.18. The van der Waals surface area contributed by atoms with E-state index in [1.165, 1.54) is 24.7 Å². The van der Waals surface area contributed by atoms with Gasteiger partial charge in [0.2, 0.25) is 5.82 Å². The highest BCUT2D eigenvalue weighted by atomic mass is 19.2. The molecule has 5 rings (SSSR count). The number of amides is 2. The molecule has 0 atom stereocenters. The SMILES string of the molecule is C#Cc1ncc(Oc2ccc(N3CCN(C(=O)Nc4c[nH]c5ccc(F)c(F)c45)CC3)cc2)cn1. The number of halogens is 2. The number of H-pyrrole nitrogens is 1. The van der Waals surface area contributed by atoms with Crippen LogP contribution >= 0.6 is 0 Å². The van der Waals surface area contributed by atoms with Crippen LogP contribution in [0.15, 0.2) is 55.0 Å². The minimum Gasteiger partial charge on any atom is -0.454 e. The van der Waals surface area contributed by atoms with Crippen molar-refractivity contribution in [1.29, 1.82) is 0 Å². The molecule has 1 fully saturated rings. The Bertz CT molecular complexity index is 1410. The summed E-state index contributed by atoms with van der Waals surface area (Å²) >= 11 is 0. The van der Waals surface area contributed by atoms with Crippen molar-refractivity contribution in [2.45, 2.75) is 0 Å². The van der Waals surface area contributed by atoms with Gasteiger partial charge in [0, 0.05) is 38.1 Å². The van der Waals surface area contributed by atoms with Crippen LogP contribution in [0, 0.1) is 24.0 Å². The number of carbonyl (C=O) groups is 1. The Morgan fingerprint density at radius 1 is 1.03 bits per heavy atom. The first-order chi connectivity index (χ1) is 17.0. The Balaban J connectivity index is 1.17. The molecule has 2 N–H and O–H groups in total. The van der Waals surface area contributed by atoms with Gasteiger partial charge >= 0.3 is 6.03 Å². The summed E-state index contributed by atoms with van der Waals surface area (Å²) in [7, 11) is 0. The van der Waals surface area contributed by atoms with E-state index in [9.17, 15) is 13.6 Å². The fourth-order valence-electron chi connectivity index (χ4n) is 3.92. The van der Waals surface area contributed by atoms with Gasteiger partial charge in [-0.1, -0.05) is 0 Å². The van der Waals surface area contributed by atoms with Crippen molar-refractivity contribution in [3.8, 4) is 23.8 Å². The smallest absolute Gasteiger partial charge is 0.322 e. The van der Waals surface area contributed by atoms with E-state index < -0.39 is 11.6 Å². The largest absolute Gasteiger partial charge is 0.454 e. The zero-order valence-corrected chi connectivity index (χ0v) is 18.5. The van der Waals surface area contributed by atoms with E-state index in [1.54, 1.807) is 4.90 Å². The number of piperazine rings is 1. The lowest BCUT2D eigenvalue weighted by Gasteiger charge is -2.36. The second kappa shape index (κ2) is 9.30. The van der Waals surface area contributed by atoms with Gasteiger partial charge in [-0.25, -0.2) is 23.5 Å². The van der Waals surface area contributed by atoms with Crippen molar-refractivity contribution in [1.82, 2.24) is 19.9 Å². The molecule has 2 aromatic heterocycles. The van der Waals surface area contributed by atoms with Crippen LogP contribution in [0.5, 0.6) is 11.5 Å². The van der Waals surface area contributed by atoms with Crippen LogP contribution in [-0.4, -0.2) is 52.1 Å². The summed E-state index contributed by atoms with van der Waals surface area (Å²) in [6, 6.07) is 9.67. The number of urea groups is 1. The summed E-state index contributed by atoms with van der Waals surface area (Å²) in [4.78, 5) is 27.4. The van der Waals surface area contributed by atoms with Gasteiger partial charge in [-0.05, 0) is 42.3 Å². The Morgan fingerprint density at radius 2 is 1.74 bits per heavy atom. The number of aromatic amines is 1. The highest BCUT2D eigenvalue weighted by Crippen LogP contribution is 2.28. The van der Waals surface area contributed by atoms with Crippen molar-refractivity contribution in [2.24, 2.45) is 0 Å². The first-order valence-electron chi connectivity index (χ1n) is 10.8. The van der Waals surface area contributed by atoms with Gasteiger partial charge < -0.3 is 24.8 Å². The Morgan fingerprint density at radius 3 is 2.43 bits per heavy atom. The fraction of sp³-hybridized carbons (Fsp3) is 0.160. The fourth-order valence-corrected chi connectivity index (χ4v) is 3.92. The maximum Gasteiger partial charge on any atom is 0.322 e. The third kappa shape index (κ3) is 4.56. The number of anilines is 2. The number of nitrogens with zero attached hydrogens (tertiary/aromatic N) is 4. The van der Waals surface area contributed by atoms with E-state index >= 15 is 0 Å². The van der Waals surface area contributed by atoms with E-state index in [0.29, 0.717) is 49.0 Å².